The molecule has 21 heavy (non-hydrogen) atoms. The maximum Gasteiger partial charge on any atom is 0.166 e. The van der Waals surface area contributed by atoms with E-state index >= 15 is 0 Å². The molecule has 0 aliphatic heterocycles. The third-order valence-electron chi connectivity index (χ3n) is 4.06. The highest BCUT2D eigenvalue weighted by Gasteiger charge is 2.19. The number of hydrogen-bond donors (Lipinski definition) is 0. The minimum absolute atomic E-state index is 0.296. The summed E-state index contributed by atoms with van der Waals surface area (Å²) in [6, 6.07) is 6.62. The van der Waals surface area contributed by atoms with E-state index in [1.807, 2.05) is 6.08 Å². The topological polar surface area (TPSA) is 0 Å². The van der Waals surface area contributed by atoms with E-state index in [9.17, 15) is 8.78 Å². The summed E-state index contributed by atoms with van der Waals surface area (Å²) in [6.07, 6.45) is 7.98. The molecule has 3 heteroatoms. The minimum atomic E-state index is -0.749. The van der Waals surface area contributed by atoms with Crippen molar-refractivity contribution >= 4 is 21.8 Å². The van der Waals surface area contributed by atoms with Crippen LogP contribution < -0.4 is 0 Å². The van der Waals surface area contributed by atoms with Gasteiger partial charge in [-0.15, -0.1) is 0 Å². The van der Waals surface area contributed by atoms with Gasteiger partial charge < -0.3 is 0 Å². The van der Waals surface area contributed by atoms with Crippen LogP contribution in [0.3, 0.4) is 0 Å². The van der Waals surface area contributed by atoms with Crippen LogP contribution in [0.5, 0.6) is 0 Å². The van der Waals surface area contributed by atoms with Gasteiger partial charge >= 0.3 is 0 Å². The smallest absolute Gasteiger partial charge is 0.166 e. The largest absolute Gasteiger partial charge is 0.203 e. The van der Waals surface area contributed by atoms with Crippen LogP contribution in [0.1, 0.15) is 51.0 Å². The van der Waals surface area contributed by atoms with Gasteiger partial charge in [0.25, 0.3) is 0 Å². The van der Waals surface area contributed by atoms with E-state index in [0.717, 1.165) is 17.3 Å². The van der Waals surface area contributed by atoms with Gasteiger partial charge in [-0.05, 0) is 42.9 Å². The molecule has 0 bridgehead atoms. The molecule has 0 N–H and O–H groups in total. The van der Waals surface area contributed by atoms with Crippen LogP contribution in [-0.2, 0) is 0 Å². The van der Waals surface area contributed by atoms with Crippen molar-refractivity contribution in [3.8, 4) is 0 Å². The van der Waals surface area contributed by atoms with Gasteiger partial charge in [-0.1, -0.05) is 60.3 Å². The standard InChI is InChI=1S/C18H21BrF2/c1-2-3-4-13-5-7-14(8-6-13)17(20)18(21)15-9-11-16(19)12-10-15/h7,9-13H,2-6,8H2,1H3/b18-17+. The minimum Gasteiger partial charge on any atom is -0.203 e. The molecule has 1 aromatic rings. The number of rotatable bonds is 5. The zero-order valence-corrected chi connectivity index (χ0v) is 13.9. The van der Waals surface area contributed by atoms with Gasteiger partial charge in [0.15, 0.2) is 11.7 Å². The number of benzene rings is 1. The van der Waals surface area contributed by atoms with Crippen LogP contribution in [0.25, 0.3) is 5.83 Å². The zero-order chi connectivity index (χ0) is 15.2. The monoisotopic (exact) mass is 354 g/mol. The Labute approximate surface area is 134 Å². The third-order valence-corrected chi connectivity index (χ3v) is 4.59. The lowest BCUT2D eigenvalue weighted by Gasteiger charge is -2.21. The number of halogens is 3. The van der Waals surface area contributed by atoms with E-state index in [0.29, 0.717) is 23.5 Å². The summed E-state index contributed by atoms with van der Waals surface area (Å²) < 4.78 is 29.3. The quantitative estimate of drug-likeness (QED) is 0.535. The lowest BCUT2D eigenvalue weighted by molar-refractivity contribution is 0.417. The van der Waals surface area contributed by atoms with Crippen LogP contribution in [0.2, 0.25) is 0 Å². The van der Waals surface area contributed by atoms with Crippen molar-refractivity contribution in [2.45, 2.75) is 45.4 Å². The summed E-state index contributed by atoms with van der Waals surface area (Å²) in [5.41, 5.74) is 0.827. The van der Waals surface area contributed by atoms with Crippen molar-refractivity contribution in [2.24, 2.45) is 5.92 Å². The first-order valence-corrected chi connectivity index (χ1v) is 8.41. The summed E-state index contributed by atoms with van der Waals surface area (Å²) in [5, 5.41) is 0. The van der Waals surface area contributed by atoms with Gasteiger partial charge in [-0.25, -0.2) is 8.78 Å². The average molecular weight is 355 g/mol. The van der Waals surface area contributed by atoms with Gasteiger partial charge in [-0.3, -0.25) is 0 Å². The maximum absolute atomic E-state index is 14.3. The Morgan fingerprint density at radius 2 is 1.90 bits per heavy atom. The van der Waals surface area contributed by atoms with Crippen molar-refractivity contribution < 1.29 is 8.78 Å². The summed E-state index contributed by atoms with van der Waals surface area (Å²) >= 11 is 3.29. The first-order chi connectivity index (χ1) is 10.1. The van der Waals surface area contributed by atoms with Crippen molar-refractivity contribution in [1.82, 2.24) is 0 Å². The molecule has 0 amide bonds. The van der Waals surface area contributed by atoms with E-state index in [1.54, 1.807) is 24.3 Å². The molecule has 0 radical (unpaired) electrons. The number of unbranched alkanes of at least 4 members (excludes halogenated alkanes) is 1. The molecule has 0 spiro atoms. The summed E-state index contributed by atoms with van der Waals surface area (Å²) in [7, 11) is 0. The fourth-order valence-corrected chi connectivity index (χ4v) is 2.97. The second kappa shape index (κ2) is 7.88. The van der Waals surface area contributed by atoms with Crippen LogP contribution in [0.15, 0.2) is 46.2 Å². The van der Waals surface area contributed by atoms with Crippen molar-refractivity contribution in [3.05, 3.63) is 51.8 Å². The SMILES string of the molecule is CCCCC1CC=C(/C(F)=C(\F)c2ccc(Br)cc2)CC1. The Kier molecular flexibility index (Phi) is 6.16. The van der Waals surface area contributed by atoms with Crippen LogP contribution >= 0.6 is 15.9 Å². The van der Waals surface area contributed by atoms with Crippen molar-refractivity contribution in [3.63, 3.8) is 0 Å². The average Bonchev–Trinajstić information content (AvgIpc) is 2.53. The Morgan fingerprint density at radius 1 is 1.19 bits per heavy atom. The second-order valence-corrected chi connectivity index (χ2v) is 6.56. The highest BCUT2D eigenvalue weighted by molar-refractivity contribution is 9.10. The Balaban J connectivity index is 2.08. The van der Waals surface area contributed by atoms with E-state index in [1.165, 1.54) is 19.3 Å². The van der Waals surface area contributed by atoms with E-state index in [-0.39, 0.29) is 0 Å². The van der Waals surface area contributed by atoms with Crippen molar-refractivity contribution in [1.29, 1.82) is 0 Å². The third kappa shape index (κ3) is 4.50. The number of allylic oxidation sites excluding steroid dienone is 3. The summed E-state index contributed by atoms with van der Waals surface area (Å²) in [4.78, 5) is 0. The van der Waals surface area contributed by atoms with Gasteiger partial charge in [0.1, 0.15) is 0 Å². The molecular formula is C18H21BrF2. The zero-order valence-electron chi connectivity index (χ0n) is 12.3. The van der Waals surface area contributed by atoms with Gasteiger partial charge in [0, 0.05) is 10.0 Å². The van der Waals surface area contributed by atoms with Gasteiger partial charge in [-0.2, -0.15) is 0 Å². The van der Waals surface area contributed by atoms with Crippen LogP contribution in [0.4, 0.5) is 8.78 Å². The molecule has 0 nitrogen and oxygen atoms in total. The molecule has 1 unspecified atom stereocenters. The van der Waals surface area contributed by atoms with E-state index in [4.69, 9.17) is 0 Å². The predicted octanol–water partition coefficient (Wildman–Crippen LogP) is 6.97. The van der Waals surface area contributed by atoms with E-state index in [2.05, 4.69) is 22.9 Å². The lowest BCUT2D eigenvalue weighted by atomic mass is 9.85. The molecule has 2 rings (SSSR count). The molecule has 0 heterocycles. The second-order valence-electron chi connectivity index (χ2n) is 5.65. The van der Waals surface area contributed by atoms with Gasteiger partial charge in [0.05, 0.1) is 0 Å². The fraction of sp³-hybridized carbons (Fsp3) is 0.444. The first-order valence-electron chi connectivity index (χ1n) is 7.62. The van der Waals surface area contributed by atoms with E-state index < -0.39 is 11.7 Å². The van der Waals surface area contributed by atoms with Gasteiger partial charge in [0.2, 0.25) is 0 Å². The summed E-state index contributed by atoms with van der Waals surface area (Å²) in [6.45, 7) is 2.18. The summed E-state index contributed by atoms with van der Waals surface area (Å²) in [5.74, 6) is -0.802. The molecule has 114 valence electrons. The maximum atomic E-state index is 14.3. The first kappa shape index (κ1) is 16.4. The molecule has 0 fully saturated rings. The Hall–Kier alpha value is -0.960. The molecule has 1 atom stereocenters. The Morgan fingerprint density at radius 3 is 2.48 bits per heavy atom. The normalized spacial score (nSPS) is 20.0. The van der Waals surface area contributed by atoms with Crippen LogP contribution in [-0.4, -0.2) is 0 Å². The Bertz CT molecular complexity index is 529. The van der Waals surface area contributed by atoms with Crippen molar-refractivity contribution in [2.75, 3.05) is 0 Å². The molecule has 0 aromatic heterocycles. The molecule has 1 aliphatic carbocycles. The highest BCUT2D eigenvalue weighted by atomic mass is 79.9. The lowest BCUT2D eigenvalue weighted by Crippen LogP contribution is -2.06. The number of hydrogen-bond acceptors (Lipinski definition) is 0. The molecule has 1 aromatic carbocycles. The predicted molar refractivity (Wildman–Crippen MR) is 88.2 cm³/mol. The molecule has 1 aliphatic rings. The molecule has 0 saturated carbocycles. The molecule has 0 saturated heterocycles. The highest BCUT2D eigenvalue weighted by Crippen LogP contribution is 2.35. The van der Waals surface area contributed by atoms with Crippen LogP contribution in [0, 0.1) is 5.92 Å². The fourth-order valence-electron chi connectivity index (χ4n) is 2.71. The molecular weight excluding hydrogens is 334 g/mol.